The van der Waals surface area contributed by atoms with Gasteiger partial charge in [-0.1, -0.05) is 11.3 Å². The van der Waals surface area contributed by atoms with Gasteiger partial charge in [0, 0.05) is 13.1 Å². The van der Waals surface area contributed by atoms with Crippen molar-refractivity contribution in [1.29, 1.82) is 0 Å². The summed E-state index contributed by atoms with van der Waals surface area (Å²) in [6.07, 6.45) is 1.51. The van der Waals surface area contributed by atoms with E-state index in [1.165, 1.54) is 11.3 Å². The summed E-state index contributed by atoms with van der Waals surface area (Å²) in [5.74, 6) is -0.300. The van der Waals surface area contributed by atoms with Crippen LogP contribution in [-0.2, 0) is 4.79 Å². The molecule has 1 atom stereocenters. The maximum atomic E-state index is 12.1. The number of aromatic nitrogens is 1. The summed E-state index contributed by atoms with van der Waals surface area (Å²) in [4.78, 5) is 28.0. The molecule has 2 heterocycles. The van der Waals surface area contributed by atoms with Gasteiger partial charge in [-0.05, 0) is 19.8 Å². The van der Waals surface area contributed by atoms with E-state index < -0.39 is 6.04 Å². The number of thiazole rings is 1. The van der Waals surface area contributed by atoms with E-state index in [1.807, 2.05) is 6.92 Å². The van der Waals surface area contributed by atoms with E-state index in [4.69, 9.17) is 5.73 Å². The van der Waals surface area contributed by atoms with E-state index in [1.54, 1.807) is 0 Å². The molecule has 7 nitrogen and oxygen atoms in total. The third-order valence-electron chi connectivity index (χ3n) is 2.78. The smallest absolute Gasteiger partial charge is 0.265 e. The lowest BCUT2D eigenvalue weighted by atomic mass is 10.1. The Morgan fingerprint density at radius 1 is 1.63 bits per heavy atom. The number of nitrogen functional groups attached to an aromatic ring is 1. The van der Waals surface area contributed by atoms with E-state index in [-0.39, 0.29) is 17.6 Å². The largest absolute Gasteiger partial charge is 0.382 e. The van der Waals surface area contributed by atoms with Crippen LogP contribution in [0.4, 0.5) is 10.9 Å². The van der Waals surface area contributed by atoms with Crippen LogP contribution in [0.25, 0.3) is 0 Å². The van der Waals surface area contributed by atoms with Crippen LogP contribution in [0.5, 0.6) is 0 Å². The molecule has 0 bridgehead atoms. The number of carbonyl (C=O) groups is 2. The first-order valence-electron chi connectivity index (χ1n) is 6.20. The molecule has 104 valence electrons. The van der Waals surface area contributed by atoms with E-state index in [0.717, 1.165) is 6.42 Å². The van der Waals surface area contributed by atoms with E-state index >= 15 is 0 Å². The lowest BCUT2D eigenvalue weighted by Gasteiger charge is -2.22. The normalized spacial score (nSPS) is 18.8. The van der Waals surface area contributed by atoms with Gasteiger partial charge in [0.15, 0.2) is 5.13 Å². The maximum absolute atomic E-state index is 12.1. The van der Waals surface area contributed by atoms with Crippen LogP contribution >= 0.6 is 11.3 Å². The number of anilines is 2. The Bertz CT molecular complexity index is 487. The highest BCUT2D eigenvalue weighted by molar-refractivity contribution is 7.18. The Balaban J connectivity index is 2.04. The first kappa shape index (κ1) is 13.6. The molecule has 2 amide bonds. The quantitative estimate of drug-likeness (QED) is 0.629. The summed E-state index contributed by atoms with van der Waals surface area (Å²) >= 11 is 1.19. The van der Waals surface area contributed by atoms with Crippen LogP contribution in [0.1, 0.15) is 29.4 Å². The molecular formula is C11H17N5O2S. The highest BCUT2D eigenvalue weighted by Gasteiger charge is 2.26. The third-order valence-corrected chi connectivity index (χ3v) is 3.81. The van der Waals surface area contributed by atoms with Gasteiger partial charge < -0.3 is 21.7 Å². The zero-order chi connectivity index (χ0) is 13.8. The van der Waals surface area contributed by atoms with Crippen molar-refractivity contribution in [2.45, 2.75) is 25.8 Å². The molecule has 1 aromatic heterocycles. The molecule has 1 aliphatic heterocycles. The van der Waals surface area contributed by atoms with Crippen LogP contribution in [0.2, 0.25) is 0 Å². The van der Waals surface area contributed by atoms with Gasteiger partial charge in [-0.15, -0.1) is 0 Å². The number of piperidine rings is 1. The Hall–Kier alpha value is -1.83. The number of hydrogen-bond acceptors (Lipinski definition) is 6. The van der Waals surface area contributed by atoms with Crippen molar-refractivity contribution >= 4 is 34.1 Å². The standard InChI is InChI=1S/C11H17N5O2S/c1-2-13-11-16-8(12)7(19-11)10(18)15-6-4-3-5-14-9(6)17/h6H,2-5,12H2,1H3,(H,13,16)(H,14,17)(H,15,18). The number of nitrogens with two attached hydrogens (primary N) is 1. The number of amides is 2. The van der Waals surface area contributed by atoms with Crippen molar-refractivity contribution in [3.63, 3.8) is 0 Å². The predicted molar refractivity (Wildman–Crippen MR) is 74.2 cm³/mol. The fraction of sp³-hybridized carbons (Fsp3) is 0.545. The highest BCUT2D eigenvalue weighted by atomic mass is 32.1. The highest BCUT2D eigenvalue weighted by Crippen LogP contribution is 2.24. The van der Waals surface area contributed by atoms with Crippen LogP contribution in [0.3, 0.4) is 0 Å². The van der Waals surface area contributed by atoms with Crippen molar-refractivity contribution in [3.05, 3.63) is 4.88 Å². The zero-order valence-electron chi connectivity index (χ0n) is 10.7. The summed E-state index contributed by atoms with van der Waals surface area (Å²) in [6, 6.07) is -0.481. The molecule has 2 rings (SSSR count). The number of hydrogen-bond donors (Lipinski definition) is 4. The first-order valence-corrected chi connectivity index (χ1v) is 7.02. The zero-order valence-corrected chi connectivity index (χ0v) is 11.5. The van der Waals surface area contributed by atoms with Crippen molar-refractivity contribution in [1.82, 2.24) is 15.6 Å². The Morgan fingerprint density at radius 2 is 2.42 bits per heavy atom. The Kier molecular flexibility index (Phi) is 4.20. The summed E-state index contributed by atoms with van der Waals surface area (Å²) in [6.45, 7) is 3.31. The van der Waals surface area contributed by atoms with Crippen LogP contribution in [0, 0.1) is 0 Å². The molecule has 1 saturated heterocycles. The van der Waals surface area contributed by atoms with E-state index in [0.29, 0.717) is 29.5 Å². The van der Waals surface area contributed by atoms with Crippen molar-refractivity contribution < 1.29 is 9.59 Å². The number of rotatable bonds is 4. The molecular weight excluding hydrogens is 266 g/mol. The first-order chi connectivity index (χ1) is 9.11. The molecule has 5 N–H and O–H groups in total. The second-order valence-corrected chi connectivity index (χ2v) is 5.22. The van der Waals surface area contributed by atoms with Crippen LogP contribution in [-0.4, -0.2) is 35.9 Å². The van der Waals surface area contributed by atoms with E-state index in [2.05, 4.69) is 20.9 Å². The predicted octanol–water partition coefficient (Wildman–Crippen LogP) is 0.165. The van der Waals surface area contributed by atoms with Gasteiger partial charge in [-0.3, -0.25) is 9.59 Å². The monoisotopic (exact) mass is 283 g/mol. The maximum Gasteiger partial charge on any atom is 0.265 e. The average Bonchev–Trinajstić information content (AvgIpc) is 2.74. The number of nitrogens with zero attached hydrogens (tertiary/aromatic N) is 1. The Morgan fingerprint density at radius 3 is 3.11 bits per heavy atom. The van der Waals surface area contributed by atoms with Gasteiger partial charge in [-0.2, -0.15) is 0 Å². The van der Waals surface area contributed by atoms with Crippen LogP contribution < -0.4 is 21.7 Å². The molecule has 1 unspecified atom stereocenters. The molecule has 1 aromatic rings. The molecule has 0 saturated carbocycles. The average molecular weight is 283 g/mol. The van der Waals surface area contributed by atoms with Crippen molar-refractivity contribution in [3.8, 4) is 0 Å². The minimum atomic E-state index is -0.481. The minimum Gasteiger partial charge on any atom is -0.382 e. The second-order valence-electron chi connectivity index (χ2n) is 4.22. The summed E-state index contributed by atoms with van der Waals surface area (Å²) in [5, 5.41) is 9.03. The molecule has 0 aromatic carbocycles. The topological polar surface area (TPSA) is 109 Å². The third kappa shape index (κ3) is 3.14. The van der Waals surface area contributed by atoms with Gasteiger partial charge >= 0.3 is 0 Å². The minimum absolute atomic E-state index is 0.144. The Labute approximate surface area is 115 Å². The molecule has 19 heavy (non-hydrogen) atoms. The van der Waals surface area contributed by atoms with Gasteiger partial charge in [0.1, 0.15) is 16.7 Å². The number of nitrogens with one attached hydrogen (secondary N) is 3. The van der Waals surface area contributed by atoms with Crippen molar-refractivity contribution in [2.24, 2.45) is 0 Å². The fourth-order valence-electron chi connectivity index (χ4n) is 1.86. The molecule has 0 radical (unpaired) electrons. The fourth-order valence-corrected chi connectivity index (χ4v) is 2.71. The van der Waals surface area contributed by atoms with Gasteiger partial charge in [0.25, 0.3) is 5.91 Å². The summed E-state index contributed by atoms with van der Waals surface area (Å²) in [5.41, 5.74) is 5.71. The molecule has 1 aliphatic rings. The van der Waals surface area contributed by atoms with Gasteiger partial charge in [0.2, 0.25) is 5.91 Å². The number of carbonyl (C=O) groups excluding carboxylic acids is 2. The van der Waals surface area contributed by atoms with E-state index in [9.17, 15) is 9.59 Å². The summed E-state index contributed by atoms with van der Waals surface area (Å²) < 4.78 is 0. The lowest BCUT2D eigenvalue weighted by Crippen LogP contribution is -2.50. The molecule has 8 heteroatoms. The van der Waals surface area contributed by atoms with Gasteiger partial charge in [-0.25, -0.2) is 4.98 Å². The molecule has 1 fully saturated rings. The SMILES string of the molecule is CCNc1nc(N)c(C(=O)NC2CCCNC2=O)s1. The second kappa shape index (κ2) is 5.87. The van der Waals surface area contributed by atoms with Crippen molar-refractivity contribution in [2.75, 3.05) is 24.1 Å². The molecule has 0 aliphatic carbocycles. The molecule has 0 spiro atoms. The van der Waals surface area contributed by atoms with Crippen LogP contribution in [0.15, 0.2) is 0 Å². The lowest BCUT2D eigenvalue weighted by molar-refractivity contribution is -0.124. The summed E-state index contributed by atoms with van der Waals surface area (Å²) in [7, 11) is 0. The van der Waals surface area contributed by atoms with Gasteiger partial charge in [0.05, 0.1) is 0 Å².